The van der Waals surface area contributed by atoms with Crippen molar-refractivity contribution in [3.63, 3.8) is 0 Å². The van der Waals surface area contributed by atoms with Crippen molar-refractivity contribution in [3.05, 3.63) is 0 Å². The topological polar surface area (TPSA) is 26.3 Å². The molecule has 0 fully saturated rings. The highest BCUT2D eigenvalue weighted by molar-refractivity contribution is 6.76. The summed E-state index contributed by atoms with van der Waals surface area (Å²) in [7, 11) is -1.15. The van der Waals surface area contributed by atoms with Crippen LogP contribution in [0.3, 0.4) is 0 Å². The van der Waals surface area contributed by atoms with E-state index >= 15 is 0 Å². The predicted octanol–water partition coefficient (Wildman–Crippen LogP) is 4.87. The van der Waals surface area contributed by atoms with Crippen LogP contribution < -0.4 is 0 Å². The molecule has 3 heteroatoms. The summed E-state index contributed by atoms with van der Waals surface area (Å²) < 4.78 is 5.58. The van der Waals surface area contributed by atoms with Gasteiger partial charge in [0.2, 0.25) is 0 Å². The Hall–Kier alpha value is -0.753. The summed E-state index contributed by atoms with van der Waals surface area (Å²) in [5.74, 6) is 6.27. The van der Waals surface area contributed by atoms with E-state index in [0.29, 0.717) is 0 Å². The van der Waals surface area contributed by atoms with Crippen LogP contribution in [0.4, 0.5) is 0 Å². The first-order valence-corrected chi connectivity index (χ1v) is 11.5. The zero-order valence-corrected chi connectivity index (χ0v) is 15.4. The van der Waals surface area contributed by atoms with Crippen molar-refractivity contribution in [2.24, 2.45) is 5.41 Å². The van der Waals surface area contributed by atoms with Crippen LogP contribution in [-0.2, 0) is 9.53 Å². The number of hydrogen-bond acceptors (Lipinski definition) is 2. The van der Waals surface area contributed by atoms with Crippen molar-refractivity contribution >= 4 is 14.0 Å². The van der Waals surface area contributed by atoms with Gasteiger partial charge in [0.1, 0.15) is 0 Å². The summed E-state index contributed by atoms with van der Waals surface area (Å²) in [5.41, 5.74) is -0.455. The van der Waals surface area contributed by atoms with Crippen molar-refractivity contribution in [2.75, 3.05) is 0 Å². The summed E-state index contributed by atoms with van der Waals surface area (Å²) in [6.07, 6.45) is 4.03. The number of unbranched alkanes of at least 4 members (excludes halogenated alkanes) is 2. The number of rotatable bonds is 6. The first kappa shape index (κ1) is 19.2. The highest BCUT2D eigenvalue weighted by atomic mass is 28.3. The average molecular weight is 297 g/mol. The third kappa shape index (κ3) is 10.1. The lowest BCUT2D eigenvalue weighted by atomic mass is 9.97. The van der Waals surface area contributed by atoms with Gasteiger partial charge in [-0.15, -0.1) is 5.92 Å². The minimum Gasteiger partial charge on any atom is -0.449 e. The number of carbonyl (C=O) groups excluding carboxylic acids is 1. The molecule has 0 heterocycles. The van der Waals surface area contributed by atoms with Crippen molar-refractivity contribution in [3.8, 4) is 11.8 Å². The van der Waals surface area contributed by atoms with Crippen LogP contribution >= 0.6 is 0 Å². The Balaban J connectivity index is 4.60. The Labute approximate surface area is 126 Å². The largest absolute Gasteiger partial charge is 0.449 e. The minimum absolute atomic E-state index is 0.152. The maximum atomic E-state index is 12.0. The molecule has 0 spiro atoms. The fourth-order valence-electron chi connectivity index (χ4n) is 1.48. The highest BCUT2D eigenvalue weighted by Gasteiger charge is 2.25. The summed E-state index contributed by atoms with van der Waals surface area (Å²) in [4.78, 5) is 12.0. The lowest BCUT2D eigenvalue weighted by Gasteiger charge is -2.20. The molecule has 0 saturated heterocycles. The Bertz CT molecular complexity index is 350. The highest BCUT2D eigenvalue weighted by Crippen LogP contribution is 2.18. The summed E-state index contributed by atoms with van der Waals surface area (Å²) in [6, 6.07) is 0.963. The quantitative estimate of drug-likeness (QED) is 0.303. The van der Waals surface area contributed by atoms with Gasteiger partial charge in [0.15, 0.2) is 6.10 Å². The van der Waals surface area contributed by atoms with Gasteiger partial charge in [-0.05, 0) is 33.6 Å². The van der Waals surface area contributed by atoms with E-state index in [0.717, 1.165) is 18.9 Å². The standard InChI is InChI=1S/C17H32O2Si/c1-8-9-10-12-15(13-11-14-20(5,6)7)19-16(18)17(2,3)4/h15H,8-10,12,14H2,1-7H3. The van der Waals surface area contributed by atoms with E-state index in [9.17, 15) is 4.79 Å². The monoisotopic (exact) mass is 296 g/mol. The van der Waals surface area contributed by atoms with Gasteiger partial charge >= 0.3 is 5.97 Å². The van der Waals surface area contributed by atoms with Gasteiger partial charge in [-0.25, -0.2) is 0 Å². The predicted molar refractivity (Wildman–Crippen MR) is 89.4 cm³/mol. The molecule has 0 N–H and O–H groups in total. The molecule has 0 saturated carbocycles. The van der Waals surface area contributed by atoms with Gasteiger partial charge in [-0.3, -0.25) is 4.79 Å². The Morgan fingerprint density at radius 3 is 2.25 bits per heavy atom. The molecular weight excluding hydrogens is 264 g/mol. The van der Waals surface area contributed by atoms with Crippen LogP contribution in [0.15, 0.2) is 0 Å². The van der Waals surface area contributed by atoms with E-state index in [1.165, 1.54) is 12.8 Å². The van der Waals surface area contributed by atoms with Gasteiger partial charge in [0.05, 0.1) is 13.5 Å². The third-order valence-corrected chi connectivity index (χ3v) is 4.05. The number of hydrogen-bond donors (Lipinski definition) is 0. The zero-order valence-electron chi connectivity index (χ0n) is 14.4. The Morgan fingerprint density at radius 2 is 1.80 bits per heavy atom. The molecule has 0 aliphatic rings. The van der Waals surface area contributed by atoms with Crippen LogP contribution in [0.5, 0.6) is 0 Å². The maximum Gasteiger partial charge on any atom is 0.312 e. The first-order chi connectivity index (χ1) is 9.06. The van der Waals surface area contributed by atoms with Crippen molar-refractivity contribution in [2.45, 2.75) is 85.2 Å². The molecule has 1 atom stereocenters. The molecule has 0 aromatic carbocycles. The van der Waals surface area contributed by atoms with Crippen LogP contribution in [0.25, 0.3) is 0 Å². The molecule has 0 amide bonds. The second kappa shape index (κ2) is 8.52. The lowest BCUT2D eigenvalue weighted by Crippen LogP contribution is -2.27. The van der Waals surface area contributed by atoms with Gasteiger partial charge in [-0.2, -0.15) is 0 Å². The average Bonchev–Trinajstić information content (AvgIpc) is 2.25. The molecule has 0 aliphatic carbocycles. The molecule has 0 aliphatic heterocycles. The molecule has 0 aromatic heterocycles. The third-order valence-electron chi connectivity index (χ3n) is 2.81. The molecule has 20 heavy (non-hydrogen) atoms. The fraction of sp³-hybridized carbons (Fsp3) is 0.824. The van der Waals surface area contributed by atoms with Crippen LogP contribution in [0.2, 0.25) is 25.7 Å². The molecular formula is C17H32O2Si. The summed E-state index contributed by atoms with van der Waals surface area (Å²) in [6.45, 7) is 14.7. The van der Waals surface area contributed by atoms with Crippen molar-refractivity contribution in [1.82, 2.24) is 0 Å². The van der Waals surface area contributed by atoms with Gasteiger partial charge in [0, 0.05) is 6.04 Å². The van der Waals surface area contributed by atoms with Crippen molar-refractivity contribution < 1.29 is 9.53 Å². The van der Waals surface area contributed by atoms with E-state index in [4.69, 9.17) is 4.74 Å². The van der Waals surface area contributed by atoms with E-state index in [1.54, 1.807) is 0 Å². The van der Waals surface area contributed by atoms with Gasteiger partial charge in [0.25, 0.3) is 0 Å². The number of ether oxygens (including phenoxy) is 1. The summed E-state index contributed by atoms with van der Waals surface area (Å²) >= 11 is 0. The van der Waals surface area contributed by atoms with Crippen molar-refractivity contribution in [1.29, 1.82) is 0 Å². The lowest BCUT2D eigenvalue weighted by molar-refractivity contribution is -0.156. The first-order valence-electron chi connectivity index (χ1n) is 7.76. The number of carbonyl (C=O) groups is 1. The smallest absolute Gasteiger partial charge is 0.312 e. The fourth-order valence-corrected chi connectivity index (χ4v) is 2.11. The van der Waals surface area contributed by atoms with Gasteiger partial charge in [-0.1, -0.05) is 45.3 Å². The summed E-state index contributed by atoms with van der Waals surface area (Å²) in [5, 5.41) is 0. The van der Waals surface area contributed by atoms with Crippen LogP contribution in [0.1, 0.15) is 53.4 Å². The molecule has 0 radical (unpaired) electrons. The van der Waals surface area contributed by atoms with E-state index in [2.05, 4.69) is 38.4 Å². The Kier molecular flexibility index (Phi) is 8.19. The van der Waals surface area contributed by atoms with Crippen LogP contribution in [0, 0.1) is 17.3 Å². The maximum absolute atomic E-state index is 12.0. The van der Waals surface area contributed by atoms with E-state index in [-0.39, 0.29) is 12.1 Å². The molecule has 116 valence electrons. The normalized spacial score (nSPS) is 13.3. The Morgan fingerprint density at radius 1 is 1.20 bits per heavy atom. The SMILES string of the molecule is CCCCCC(C#CC[Si](C)(C)C)OC(=O)C(C)(C)C. The second-order valence-corrected chi connectivity index (χ2v) is 13.2. The van der Waals surface area contributed by atoms with Gasteiger partial charge < -0.3 is 4.74 Å². The molecule has 0 aromatic rings. The zero-order chi connectivity index (χ0) is 15.8. The second-order valence-electron chi connectivity index (χ2n) is 7.70. The number of esters is 1. The molecule has 2 nitrogen and oxygen atoms in total. The molecule has 1 unspecified atom stereocenters. The molecule has 0 rings (SSSR count). The van der Waals surface area contributed by atoms with E-state index in [1.807, 2.05) is 20.8 Å². The minimum atomic E-state index is -1.15. The van der Waals surface area contributed by atoms with Crippen LogP contribution in [-0.4, -0.2) is 20.1 Å². The molecule has 0 bridgehead atoms. The van der Waals surface area contributed by atoms with E-state index < -0.39 is 13.5 Å².